The van der Waals surface area contributed by atoms with Crippen molar-refractivity contribution in [1.82, 2.24) is 19.8 Å². The molecule has 1 saturated carbocycles. The van der Waals surface area contributed by atoms with E-state index in [2.05, 4.69) is 5.32 Å². The van der Waals surface area contributed by atoms with Gasteiger partial charge in [-0.05, 0) is 38.4 Å². The van der Waals surface area contributed by atoms with E-state index in [4.69, 9.17) is 4.98 Å². The molecule has 0 unspecified atom stereocenters. The summed E-state index contributed by atoms with van der Waals surface area (Å²) in [6.07, 6.45) is 2.69. The molecule has 25 heavy (non-hydrogen) atoms. The van der Waals surface area contributed by atoms with Crippen molar-refractivity contribution in [2.24, 2.45) is 0 Å². The van der Waals surface area contributed by atoms with Crippen LogP contribution in [0.3, 0.4) is 0 Å². The molecule has 132 valence electrons. The molecule has 2 heterocycles. The number of nitrogens with one attached hydrogen (secondary N) is 1. The summed E-state index contributed by atoms with van der Waals surface area (Å²) in [5.74, 6) is 0.517. The summed E-state index contributed by atoms with van der Waals surface area (Å²) in [5.41, 5.74) is 1.90. The lowest BCUT2D eigenvalue weighted by atomic mass is 10.1. The number of likely N-dealkylation sites (N-methyl/N-ethyl adjacent to an activating group) is 1. The normalized spacial score (nSPS) is 23.9. The zero-order valence-electron chi connectivity index (χ0n) is 14.2. The number of benzene rings is 1. The second-order valence-electron chi connectivity index (χ2n) is 7.11. The topological polar surface area (TPSA) is 87.5 Å². The molecule has 2 aliphatic rings. The Balaban J connectivity index is 1.49. The van der Waals surface area contributed by atoms with Gasteiger partial charge in [0.05, 0.1) is 11.0 Å². The molecule has 2 fully saturated rings. The average molecular weight is 342 g/mol. The second kappa shape index (κ2) is 6.15. The van der Waals surface area contributed by atoms with E-state index in [9.17, 15) is 14.7 Å². The second-order valence-corrected chi connectivity index (χ2v) is 7.11. The molecule has 0 spiro atoms. The predicted octanol–water partition coefficient (Wildman–Crippen LogP) is 1.19. The smallest absolute Gasteiger partial charge is 0.320 e. The van der Waals surface area contributed by atoms with Crippen molar-refractivity contribution in [2.75, 3.05) is 13.6 Å². The van der Waals surface area contributed by atoms with E-state index in [1.54, 1.807) is 11.9 Å². The Labute approximate surface area is 145 Å². The van der Waals surface area contributed by atoms with Gasteiger partial charge >= 0.3 is 5.97 Å². The minimum absolute atomic E-state index is 0.0884. The van der Waals surface area contributed by atoms with Crippen molar-refractivity contribution in [3.63, 3.8) is 0 Å². The highest BCUT2D eigenvalue weighted by molar-refractivity contribution is 5.81. The number of amides is 1. The van der Waals surface area contributed by atoms with Gasteiger partial charge in [-0.15, -0.1) is 0 Å². The van der Waals surface area contributed by atoms with Crippen LogP contribution in [0.15, 0.2) is 24.3 Å². The Morgan fingerprint density at radius 3 is 2.76 bits per heavy atom. The molecule has 1 aliphatic heterocycles. The third kappa shape index (κ3) is 3.11. The average Bonchev–Trinajstić information content (AvgIpc) is 3.26. The number of carboxylic acid groups (broad SMARTS) is 1. The van der Waals surface area contributed by atoms with E-state index in [0.717, 1.165) is 29.7 Å². The van der Waals surface area contributed by atoms with Gasteiger partial charge in [0.1, 0.15) is 18.4 Å². The largest absolute Gasteiger partial charge is 0.480 e. The number of nitrogens with zero attached hydrogens (tertiary/aromatic N) is 3. The molecule has 7 heteroatoms. The van der Waals surface area contributed by atoms with E-state index < -0.39 is 12.0 Å². The fourth-order valence-electron chi connectivity index (χ4n) is 3.72. The fraction of sp³-hybridized carbons (Fsp3) is 0.500. The number of hydrogen-bond donors (Lipinski definition) is 2. The number of likely N-dealkylation sites (tertiary alicyclic amines) is 1. The van der Waals surface area contributed by atoms with Crippen molar-refractivity contribution in [2.45, 2.75) is 43.8 Å². The number of rotatable bonds is 5. The summed E-state index contributed by atoms with van der Waals surface area (Å²) in [6.45, 7) is 0.785. The maximum absolute atomic E-state index is 12.6. The lowest BCUT2D eigenvalue weighted by molar-refractivity contribution is -0.141. The first kappa shape index (κ1) is 16.1. The number of hydrogen-bond acceptors (Lipinski definition) is 4. The van der Waals surface area contributed by atoms with Gasteiger partial charge in [-0.1, -0.05) is 12.1 Å². The minimum Gasteiger partial charge on any atom is -0.480 e. The van der Waals surface area contributed by atoms with Crippen LogP contribution in [0, 0.1) is 0 Å². The van der Waals surface area contributed by atoms with Crippen LogP contribution in [0.1, 0.15) is 31.0 Å². The van der Waals surface area contributed by atoms with Crippen LogP contribution < -0.4 is 5.32 Å². The van der Waals surface area contributed by atoms with Crippen molar-refractivity contribution in [3.8, 4) is 0 Å². The molecule has 2 atom stereocenters. The van der Waals surface area contributed by atoms with Gasteiger partial charge in [0.15, 0.2) is 0 Å². The molecule has 7 nitrogen and oxygen atoms in total. The van der Waals surface area contributed by atoms with Crippen molar-refractivity contribution >= 4 is 22.9 Å². The summed E-state index contributed by atoms with van der Waals surface area (Å²) in [7, 11) is 1.78. The standard InChI is InChI=1S/C18H22N4O3/c1-21-9-12(8-15(21)18(24)25)19-16(23)10-22-14-5-3-2-4-13(14)20-17(22)11-6-7-11/h2-5,11-12,15H,6-10H2,1H3,(H,19,23)(H,24,25)/t12-,15-/m0/s1. The number of aliphatic carboxylic acids is 1. The highest BCUT2D eigenvalue weighted by Gasteiger charge is 2.35. The first-order chi connectivity index (χ1) is 12.0. The summed E-state index contributed by atoms with van der Waals surface area (Å²) in [4.78, 5) is 30.2. The molecule has 2 aromatic rings. The van der Waals surface area contributed by atoms with Gasteiger partial charge in [-0.2, -0.15) is 0 Å². The van der Waals surface area contributed by atoms with Crippen LogP contribution in [0.4, 0.5) is 0 Å². The number of aromatic nitrogens is 2. The Morgan fingerprint density at radius 1 is 1.32 bits per heavy atom. The molecule has 2 N–H and O–H groups in total. The summed E-state index contributed by atoms with van der Waals surface area (Å²) in [6, 6.07) is 7.22. The van der Waals surface area contributed by atoms with E-state index in [1.807, 2.05) is 28.8 Å². The molecule has 0 radical (unpaired) electrons. The molecule has 1 aliphatic carbocycles. The maximum atomic E-state index is 12.6. The lowest BCUT2D eigenvalue weighted by Gasteiger charge is -2.14. The van der Waals surface area contributed by atoms with Gasteiger partial charge in [-0.25, -0.2) is 4.98 Å². The summed E-state index contributed by atoms with van der Waals surface area (Å²) in [5, 5.41) is 12.2. The summed E-state index contributed by atoms with van der Waals surface area (Å²) < 4.78 is 2.01. The molecule has 1 aromatic heterocycles. The van der Waals surface area contributed by atoms with Crippen LogP contribution in [0.2, 0.25) is 0 Å². The molecule has 0 bridgehead atoms. The number of carbonyl (C=O) groups excluding carboxylic acids is 1. The molecular weight excluding hydrogens is 320 g/mol. The Morgan fingerprint density at radius 2 is 2.08 bits per heavy atom. The van der Waals surface area contributed by atoms with Gasteiger partial charge in [0.2, 0.25) is 5.91 Å². The van der Waals surface area contributed by atoms with E-state index in [0.29, 0.717) is 18.9 Å². The van der Waals surface area contributed by atoms with E-state index >= 15 is 0 Å². The Bertz CT molecular complexity index is 827. The third-order valence-corrected chi connectivity index (χ3v) is 5.13. The van der Waals surface area contributed by atoms with Crippen LogP contribution in [0.5, 0.6) is 0 Å². The van der Waals surface area contributed by atoms with Crippen molar-refractivity contribution in [1.29, 1.82) is 0 Å². The van der Waals surface area contributed by atoms with E-state index in [-0.39, 0.29) is 18.5 Å². The lowest BCUT2D eigenvalue weighted by Crippen LogP contribution is -2.38. The number of imidazole rings is 1. The SMILES string of the molecule is CN1C[C@@H](NC(=O)Cn2c(C3CC3)nc3ccccc32)C[C@H]1C(=O)O. The molecule has 1 aromatic carbocycles. The molecular formula is C18H22N4O3. The van der Waals surface area contributed by atoms with Crippen molar-refractivity contribution in [3.05, 3.63) is 30.1 Å². The fourth-order valence-corrected chi connectivity index (χ4v) is 3.72. The monoisotopic (exact) mass is 342 g/mol. The zero-order chi connectivity index (χ0) is 17.6. The Kier molecular flexibility index (Phi) is 3.95. The molecule has 1 saturated heterocycles. The van der Waals surface area contributed by atoms with Crippen LogP contribution in [-0.2, 0) is 16.1 Å². The first-order valence-corrected chi connectivity index (χ1v) is 8.70. The number of carboxylic acids is 1. The number of para-hydroxylation sites is 2. The maximum Gasteiger partial charge on any atom is 0.320 e. The van der Waals surface area contributed by atoms with Crippen LogP contribution in [-0.4, -0.2) is 57.1 Å². The summed E-state index contributed by atoms with van der Waals surface area (Å²) >= 11 is 0. The first-order valence-electron chi connectivity index (χ1n) is 8.70. The highest BCUT2D eigenvalue weighted by atomic mass is 16.4. The Hall–Kier alpha value is -2.41. The highest BCUT2D eigenvalue weighted by Crippen LogP contribution is 2.40. The van der Waals surface area contributed by atoms with Crippen LogP contribution >= 0.6 is 0 Å². The number of carbonyl (C=O) groups is 2. The van der Waals surface area contributed by atoms with Gasteiger partial charge in [0, 0.05) is 18.5 Å². The molecule has 4 rings (SSSR count). The molecule has 1 amide bonds. The van der Waals surface area contributed by atoms with Crippen LogP contribution in [0.25, 0.3) is 11.0 Å². The van der Waals surface area contributed by atoms with E-state index in [1.165, 1.54) is 0 Å². The van der Waals surface area contributed by atoms with Gasteiger partial charge in [-0.3, -0.25) is 14.5 Å². The van der Waals surface area contributed by atoms with Gasteiger partial charge in [0.25, 0.3) is 0 Å². The van der Waals surface area contributed by atoms with Crippen molar-refractivity contribution < 1.29 is 14.7 Å². The predicted molar refractivity (Wildman–Crippen MR) is 92.3 cm³/mol. The quantitative estimate of drug-likeness (QED) is 0.852. The number of fused-ring (bicyclic) bond motifs is 1. The third-order valence-electron chi connectivity index (χ3n) is 5.13. The van der Waals surface area contributed by atoms with Gasteiger partial charge < -0.3 is 15.0 Å². The zero-order valence-corrected chi connectivity index (χ0v) is 14.2. The minimum atomic E-state index is -0.837.